The maximum atomic E-state index is 12.2. The van der Waals surface area contributed by atoms with Gasteiger partial charge in [-0.3, -0.25) is 10.2 Å². The normalized spacial score (nSPS) is 22.0. The van der Waals surface area contributed by atoms with Crippen molar-refractivity contribution in [3.05, 3.63) is 45.6 Å². The fourth-order valence-electron chi connectivity index (χ4n) is 1.69. The average Bonchev–Trinajstić information content (AvgIpc) is 3.03. The van der Waals surface area contributed by atoms with Crippen molar-refractivity contribution in [3.8, 4) is 0 Å². The zero-order chi connectivity index (χ0) is 12.5. The molecule has 6 heteroatoms. The summed E-state index contributed by atoms with van der Waals surface area (Å²) >= 11 is 2.58. The predicted octanol–water partition coefficient (Wildman–Crippen LogP) is 3.15. The average molecular weight is 276 g/mol. The van der Waals surface area contributed by atoms with Crippen molar-refractivity contribution in [1.82, 2.24) is 4.98 Å². The second kappa shape index (κ2) is 4.55. The summed E-state index contributed by atoms with van der Waals surface area (Å²) in [5.74, 6) is 0.0194. The molecule has 1 atom stereocenters. The number of allylic oxidation sites excluding steroid dienone is 1. The summed E-state index contributed by atoms with van der Waals surface area (Å²) in [4.78, 5) is 16.9. The number of aromatic nitrogens is 1. The highest BCUT2D eigenvalue weighted by molar-refractivity contribution is 8.19. The van der Waals surface area contributed by atoms with Gasteiger partial charge >= 0.3 is 0 Å². The van der Waals surface area contributed by atoms with Crippen LogP contribution in [0.1, 0.15) is 16.7 Å². The van der Waals surface area contributed by atoms with Crippen molar-refractivity contribution in [2.24, 2.45) is 0 Å². The fourth-order valence-corrected chi connectivity index (χ4v) is 3.48. The van der Waals surface area contributed by atoms with E-state index in [1.807, 2.05) is 5.38 Å². The summed E-state index contributed by atoms with van der Waals surface area (Å²) in [6.07, 6.45) is 4.88. The van der Waals surface area contributed by atoms with E-state index in [0.29, 0.717) is 20.7 Å². The van der Waals surface area contributed by atoms with Gasteiger partial charge in [0.15, 0.2) is 5.78 Å². The second-order valence-electron chi connectivity index (χ2n) is 3.66. The van der Waals surface area contributed by atoms with Crippen molar-refractivity contribution in [1.29, 1.82) is 5.41 Å². The standard InChI is InChI=1S/C12H8N2O2S2/c13-11-9(12-14-3-5-17-12)10(15)8(18-11)6-7-2-1-4-16-7/h1-6,9,13H. The van der Waals surface area contributed by atoms with Crippen molar-refractivity contribution < 1.29 is 9.21 Å². The Morgan fingerprint density at radius 2 is 2.39 bits per heavy atom. The first kappa shape index (κ1) is 11.4. The molecule has 3 rings (SSSR count). The van der Waals surface area contributed by atoms with Gasteiger partial charge in [-0.2, -0.15) is 0 Å². The Hall–Kier alpha value is -1.66. The summed E-state index contributed by atoms with van der Waals surface area (Å²) < 4.78 is 5.18. The van der Waals surface area contributed by atoms with Crippen molar-refractivity contribution in [2.45, 2.75) is 5.92 Å². The number of thioether (sulfide) groups is 1. The van der Waals surface area contributed by atoms with Gasteiger partial charge in [-0.15, -0.1) is 11.3 Å². The van der Waals surface area contributed by atoms with Gasteiger partial charge in [0.2, 0.25) is 0 Å². The largest absolute Gasteiger partial charge is 0.465 e. The van der Waals surface area contributed by atoms with E-state index in [1.54, 1.807) is 30.7 Å². The van der Waals surface area contributed by atoms with Crippen LogP contribution in [0.2, 0.25) is 0 Å². The fraction of sp³-hybridized carbons (Fsp3) is 0.0833. The highest BCUT2D eigenvalue weighted by Crippen LogP contribution is 2.41. The maximum Gasteiger partial charge on any atom is 0.186 e. The van der Waals surface area contributed by atoms with Gasteiger partial charge in [-0.1, -0.05) is 11.8 Å². The molecule has 90 valence electrons. The lowest BCUT2D eigenvalue weighted by atomic mass is 10.1. The van der Waals surface area contributed by atoms with E-state index in [2.05, 4.69) is 4.98 Å². The lowest BCUT2D eigenvalue weighted by Crippen LogP contribution is -2.11. The third-order valence-corrected chi connectivity index (χ3v) is 4.34. The minimum atomic E-state index is -0.531. The molecule has 0 amide bonds. The monoisotopic (exact) mass is 276 g/mol. The van der Waals surface area contributed by atoms with Crippen LogP contribution in [-0.4, -0.2) is 15.8 Å². The van der Waals surface area contributed by atoms with Crippen LogP contribution in [0.4, 0.5) is 0 Å². The van der Waals surface area contributed by atoms with Gasteiger partial charge in [0.1, 0.15) is 16.7 Å². The first-order valence-corrected chi connectivity index (χ1v) is 6.90. The number of rotatable bonds is 2. The first-order chi connectivity index (χ1) is 8.75. The van der Waals surface area contributed by atoms with E-state index in [1.165, 1.54) is 23.1 Å². The number of Topliss-reactive ketones (excluding diaryl/α,β-unsaturated/α-hetero) is 1. The third-order valence-electron chi connectivity index (χ3n) is 2.50. The number of thiazole rings is 1. The molecule has 2 aromatic heterocycles. The van der Waals surface area contributed by atoms with E-state index in [-0.39, 0.29) is 5.78 Å². The molecule has 0 aliphatic carbocycles. The molecular formula is C12H8N2O2S2. The van der Waals surface area contributed by atoms with Crippen LogP contribution in [0.3, 0.4) is 0 Å². The van der Waals surface area contributed by atoms with Gasteiger partial charge < -0.3 is 4.42 Å². The Bertz CT molecular complexity index is 615. The zero-order valence-electron chi connectivity index (χ0n) is 9.12. The van der Waals surface area contributed by atoms with E-state index in [0.717, 1.165) is 0 Å². The summed E-state index contributed by atoms with van der Waals surface area (Å²) in [6.45, 7) is 0. The topological polar surface area (TPSA) is 67.0 Å². The number of furan rings is 1. The molecule has 1 aliphatic heterocycles. The Morgan fingerprint density at radius 1 is 1.50 bits per heavy atom. The van der Waals surface area contributed by atoms with Crippen molar-refractivity contribution >= 4 is 40.0 Å². The molecule has 1 aliphatic rings. The molecule has 4 nitrogen and oxygen atoms in total. The van der Waals surface area contributed by atoms with Gasteiger partial charge in [0.25, 0.3) is 0 Å². The number of nitrogens with one attached hydrogen (secondary N) is 1. The van der Waals surface area contributed by atoms with E-state index in [4.69, 9.17) is 9.83 Å². The lowest BCUT2D eigenvalue weighted by molar-refractivity contribution is -0.114. The molecule has 18 heavy (non-hydrogen) atoms. The van der Waals surface area contributed by atoms with Crippen LogP contribution in [0, 0.1) is 5.41 Å². The van der Waals surface area contributed by atoms with Crippen LogP contribution in [0.15, 0.2) is 39.3 Å². The molecular weight excluding hydrogens is 268 g/mol. The molecule has 2 aromatic rings. The Labute approximate surface area is 111 Å². The molecule has 3 heterocycles. The number of ketones is 1. The molecule has 0 radical (unpaired) electrons. The maximum absolute atomic E-state index is 12.2. The van der Waals surface area contributed by atoms with E-state index in [9.17, 15) is 4.79 Å². The third kappa shape index (κ3) is 1.93. The van der Waals surface area contributed by atoms with Crippen LogP contribution in [-0.2, 0) is 4.79 Å². The number of hydrogen-bond donors (Lipinski definition) is 1. The summed E-state index contributed by atoms with van der Waals surface area (Å²) in [5.41, 5.74) is 0. The van der Waals surface area contributed by atoms with Crippen molar-refractivity contribution in [3.63, 3.8) is 0 Å². The summed E-state index contributed by atoms with van der Waals surface area (Å²) in [7, 11) is 0. The van der Waals surface area contributed by atoms with E-state index >= 15 is 0 Å². The molecule has 0 bridgehead atoms. The highest BCUT2D eigenvalue weighted by atomic mass is 32.2. The van der Waals surface area contributed by atoms with Gasteiger partial charge in [-0.25, -0.2) is 4.98 Å². The summed E-state index contributed by atoms with van der Waals surface area (Å²) in [5, 5.41) is 10.7. The number of nitrogens with zero attached hydrogens (tertiary/aromatic N) is 1. The molecule has 1 saturated heterocycles. The molecule has 1 N–H and O–H groups in total. The van der Waals surface area contributed by atoms with Gasteiger partial charge in [0.05, 0.1) is 16.2 Å². The first-order valence-electron chi connectivity index (χ1n) is 5.21. The quantitative estimate of drug-likeness (QED) is 0.856. The summed E-state index contributed by atoms with van der Waals surface area (Å²) in [6, 6.07) is 3.54. The van der Waals surface area contributed by atoms with Crippen LogP contribution >= 0.6 is 23.1 Å². The molecule has 0 saturated carbocycles. The zero-order valence-corrected chi connectivity index (χ0v) is 10.8. The lowest BCUT2D eigenvalue weighted by Gasteiger charge is -2.00. The Kier molecular flexibility index (Phi) is 2.89. The highest BCUT2D eigenvalue weighted by Gasteiger charge is 2.38. The minimum Gasteiger partial charge on any atom is -0.465 e. The molecule has 1 unspecified atom stereocenters. The van der Waals surface area contributed by atoms with Crippen LogP contribution in [0.5, 0.6) is 0 Å². The predicted molar refractivity (Wildman–Crippen MR) is 71.9 cm³/mol. The minimum absolute atomic E-state index is 0.0728. The Morgan fingerprint density at radius 3 is 3.06 bits per heavy atom. The second-order valence-corrected chi connectivity index (χ2v) is 5.67. The van der Waals surface area contributed by atoms with Crippen LogP contribution < -0.4 is 0 Å². The van der Waals surface area contributed by atoms with Gasteiger partial charge in [0, 0.05) is 11.6 Å². The SMILES string of the molecule is N=C1SC(=Cc2ccco2)C(=O)C1c1nccs1. The smallest absolute Gasteiger partial charge is 0.186 e. The number of hydrogen-bond acceptors (Lipinski definition) is 6. The van der Waals surface area contributed by atoms with Gasteiger partial charge in [-0.05, 0) is 18.2 Å². The van der Waals surface area contributed by atoms with Crippen LogP contribution in [0.25, 0.3) is 6.08 Å². The number of carbonyl (C=O) groups excluding carboxylic acids is 1. The molecule has 0 spiro atoms. The molecule has 1 fully saturated rings. The Balaban J connectivity index is 1.94. The van der Waals surface area contributed by atoms with Crippen molar-refractivity contribution in [2.75, 3.05) is 0 Å². The molecule has 0 aromatic carbocycles. The number of carbonyl (C=O) groups is 1. The van der Waals surface area contributed by atoms with E-state index < -0.39 is 5.92 Å².